The van der Waals surface area contributed by atoms with Crippen LogP contribution in [0.3, 0.4) is 0 Å². The Balaban J connectivity index is 1.50. The van der Waals surface area contributed by atoms with E-state index in [0.29, 0.717) is 17.9 Å². The lowest BCUT2D eigenvalue weighted by atomic mass is 10.1. The van der Waals surface area contributed by atoms with Crippen molar-refractivity contribution in [3.63, 3.8) is 0 Å². The number of hydrogen-bond acceptors (Lipinski definition) is 4. The van der Waals surface area contributed by atoms with Crippen LogP contribution in [0.4, 0.5) is 4.39 Å². The zero-order chi connectivity index (χ0) is 20.4. The second-order valence-corrected chi connectivity index (χ2v) is 7.97. The number of ether oxygens (including phenoxy) is 1. The maximum absolute atomic E-state index is 14.2. The molecule has 2 aliphatic rings. The third-order valence-corrected chi connectivity index (χ3v) is 5.77. The van der Waals surface area contributed by atoms with Crippen molar-refractivity contribution in [1.82, 2.24) is 15.1 Å². The van der Waals surface area contributed by atoms with E-state index in [1.54, 1.807) is 18.2 Å². The van der Waals surface area contributed by atoms with Gasteiger partial charge in [0.1, 0.15) is 5.75 Å². The summed E-state index contributed by atoms with van der Waals surface area (Å²) in [5.74, 6) is -0.0164. The maximum Gasteiger partial charge on any atom is 0.253 e. The summed E-state index contributed by atoms with van der Waals surface area (Å²) in [6.45, 7) is 3.88. The van der Waals surface area contributed by atoms with Crippen LogP contribution in [-0.4, -0.2) is 55.0 Å². The molecule has 2 aromatic carbocycles. The predicted molar refractivity (Wildman–Crippen MR) is 111 cm³/mol. The fraction of sp³-hybridized carbons (Fsp3) is 0.409. The molecule has 5 nitrogen and oxygen atoms in total. The molecule has 4 rings (SSSR count). The maximum atomic E-state index is 14.2. The molecule has 2 aromatic rings. The molecule has 0 unspecified atom stereocenters. The van der Waals surface area contributed by atoms with Gasteiger partial charge in [-0.1, -0.05) is 17.7 Å². The number of nitrogens with zero attached hydrogens (tertiary/aromatic N) is 2. The summed E-state index contributed by atoms with van der Waals surface area (Å²) in [4.78, 5) is 17.4. The first-order valence-corrected chi connectivity index (χ1v) is 10.4. The third kappa shape index (κ3) is 4.55. The van der Waals surface area contributed by atoms with E-state index in [2.05, 4.69) is 10.2 Å². The second-order valence-electron chi connectivity index (χ2n) is 7.57. The van der Waals surface area contributed by atoms with Crippen molar-refractivity contribution in [2.24, 2.45) is 0 Å². The number of hydrogen-bond donors (Lipinski definition) is 1. The van der Waals surface area contributed by atoms with Crippen molar-refractivity contribution in [2.45, 2.75) is 25.4 Å². The molecule has 7 heteroatoms. The highest BCUT2D eigenvalue weighted by Gasteiger charge is 2.32. The van der Waals surface area contributed by atoms with E-state index in [0.717, 1.165) is 37.8 Å². The first kappa shape index (κ1) is 20.1. The Morgan fingerprint density at radius 3 is 2.62 bits per heavy atom. The smallest absolute Gasteiger partial charge is 0.253 e. The minimum absolute atomic E-state index is 0.00908. The van der Waals surface area contributed by atoms with Crippen LogP contribution in [0.2, 0.25) is 5.02 Å². The average Bonchev–Trinajstić information content (AvgIpc) is 3.58. The fourth-order valence-electron chi connectivity index (χ4n) is 3.73. The highest BCUT2D eigenvalue weighted by atomic mass is 35.5. The van der Waals surface area contributed by atoms with Crippen LogP contribution in [0.15, 0.2) is 36.4 Å². The Bertz CT molecular complexity index is 896. The highest BCUT2D eigenvalue weighted by molar-refractivity contribution is 6.30. The molecule has 1 saturated heterocycles. The number of carbonyl (C=O) groups is 1. The van der Waals surface area contributed by atoms with Crippen molar-refractivity contribution < 1.29 is 13.9 Å². The van der Waals surface area contributed by atoms with Gasteiger partial charge in [-0.25, -0.2) is 4.39 Å². The molecule has 1 heterocycles. The normalized spacial score (nSPS) is 17.4. The Kier molecular flexibility index (Phi) is 6.04. The van der Waals surface area contributed by atoms with Crippen LogP contribution in [0.5, 0.6) is 11.5 Å². The lowest BCUT2D eigenvalue weighted by Crippen LogP contribution is -2.49. The molecule has 29 heavy (non-hydrogen) atoms. The Morgan fingerprint density at radius 2 is 1.93 bits per heavy atom. The lowest BCUT2D eigenvalue weighted by Gasteiger charge is -2.35. The van der Waals surface area contributed by atoms with Crippen molar-refractivity contribution >= 4 is 17.5 Å². The van der Waals surface area contributed by atoms with Gasteiger partial charge in [0.05, 0.1) is 5.02 Å². The third-order valence-electron chi connectivity index (χ3n) is 5.48. The van der Waals surface area contributed by atoms with Gasteiger partial charge in [-0.3, -0.25) is 9.69 Å². The van der Waals surface area contributed by atoms with E-state index in [-0.39, 0.29) is 16.7 Å². The molecule has 2 fully saturated rings. The van der Waals surface area contributed by atoms with E-state index in [9.17, 15) is 9.18 Å². The van der Waals surface area contributed by atoms with Gasteiger partial charge in [0, 0.05) is 49.9 Å². The van der Waals surface area contributed by atoms with Gasteiger partial charge < -0.3 is 15.0 Å². The average molecular weight is 418 g/mol. The SMILES string of the molecule is CNCc1cc(C(=O)N2CCN(C3CC3)CC2)ccc1Oc1cccc(Cl)c1F. The first-order chi connectivity index (χ1) is 14.1. The molecule has 0 radical (unpaired) electrons. The van der Waals surface area contributed by atoms with Crippen molar-refractivity contribution in [3.8, 4) is 11.5 Å². The van der Waals surface area contributed by atoms with Crippen LogP contribution in [0, 0.1) is 5.82 Å². The number of carbonyl (C=O) groups excluding carboxylic acids is 1. The summed E-state index contributed by atoms with van der Waals surface area (Å²) in [7, 11) is 1.81. The summed E-state index contributed by atoms with van der Waals surface area (Å²) < 4.78 is 20.0. The zero-order valence-electron chi connectivity index (χ0n) is 16.5. The van der Waals surface area contributed by atoms with Crippen LogP contribution in [0.1, 0.15) is 28.8 Å². The molecule has 0 atom stereocenters. The van der Waals surface area contributed by atoms with Gasteiger partial charge in [-0.05, 0) is 50.2 Å². The molecule has 1 N–H and O–H groups in total. The van der Waals surface area contributed by atoms with Crippen LogP contribution in [0.25, 0.3) is 0 Å². The molecular formula is C22H25ClFN3O2. The van der Waals surface area contributed by atoms with Crippen molar-refractivity contribution in [2.75, 3.05) is 33.2 Å². The summed E-state index contributed by atoms with van der Waals surface area (Å²) in [6, 6.07) is 10.7. The van der Waals surface area contributed by atoms with Gasteiger partial charge >= 0.3 is 0 Å². The molecule has 0 aromatic heterocycles. The van der Waals surface area contributed by atoms with Crippen molar-refractivity contribution in [3.05, 3.63) is 58.4 Å². The van der Waals surface area contributed by atoms with E-state index in [1.807, 2.05) is 18.0 Å². The molecule has 1 saturated carbocycles. The molecular weight excluding hydrogens is 393 g/mol. The number of rotatable bonds is 6. The summed E-state index contributed by atoms with van der Waals surface area (Å²) >= 11 is 5.85. The lowest BCUT2D eigenvalue weighted by molar-refractivity contribution is 0.0627. The summed E-state index contributed by atoms with van der Waals surface area (Å²) in [5, 5.41) is 3.08. The predicted octanol–water partition coefficient (Wildman–Crippen LogP) is 3.91. The summed E-state index contributed by atoms with van der Waals surface area (Å²) in [6.07, 6.45) is 2.58. The number of halogens is 2. The zero-order valence-corrected chi connectivity index (χ0v) is 17.2. The van der Waals surface area contributed by atoms with Crippen LogP contribution in [-0.2, 0) is 6.54 Å². The van der Waals surface area contributed by atoms with E-state index >= 15 is 0 Å². The summed E-state index contributed by atoms with van der Waals surface area (Å²) in [5.41, 5.74) is 1.41. The molecule has 1 aliphatic carbocycles. The van der Waals surface area contributed by atoms with E-state index in [4.69, 9.17) is 16.3 Å². The minimum Gasteiger partial charge on any atom is -0.454 e. The highest BCUT2D eigenvalue weighted by Crippen LogP contribution is 2.32. The van der Waals surface area contributed by atoms with Gasteiger partial charge in [-0.15, -0.1) is 0 Å². The van der Waals surface area contributed by atoms with E-state index < -0.39 is 5.82 Å². The second kappa shape index (κ2) is 8.69. The minimum atomic E-state index is -0.599. The topological polar surface area (TPSA) is 44.8 Å². The monoisotopic (exact) mass is 417 g/mol. The Labute approximate surface area is 175 Å². The van der Waals surface area contributed by atoms with Gasteiger partial charge in [-0.2, -0.15) is 0 Å². The number of amides is 1. The number of nitrogens with one attached hydrogen (secondary N) is 1. The molecule has 0 spiro atoms. The quantitative estimate of drug-likeness (QED) is 0.774. The molecule has 1 aliphatic heterocycles. The van der Waals surface area contributed by atoms with Crippen molar-refractivity contribution in [1.29, 1.82) is 0 Å². The largest absolute Gasteiger partial charge is 0.454 e. The van der Waals surface area contributed by atoms with Crippen LogP contribution >= 0.6 is 11.6 Å². The Hall–Kier alpha value is -2.15. The van der Waals surface area contributed by atoms with Gasteiger partial charge in [0.15, 0.2) is 11.6 Å². The standard InChI is InChI=1S/C22H25ClFN3O2/c1-25-14-16-13-15(22(28)27-11-9-26(10-12-27)17-6-7-17)5-8-19(16)29-20-4-2-3-18(23)21(20)24/h2-5,8,13,17,25H,6-7,9-12,14H2,1H3. The first-order valence-electron chi connectivity index (χ1n) is 9.99. The number of piperazine rings is 1. The van der Waals surface area contributed by atoms with Crippen LogP contribution < -0.4 is 10.1 Å². The van der Waals surface area contributed by atoms with Gasteiger partial charge in [0.2, 0.25) is 0 Å². The molecule has 1 amide bonds. The fourth-order valence-corrected chi connectivity index (χ4v) is 3.90. The number of benzene rings is 2. The van der Waals surface area contributed by atoms with E-state index in [1.165, 1.54) is 25.0 Å². The van der Waals surface area contributed by atoms with Gasteiger partial charge in [0.25, 0.3) is 5.91 Å². The molecule has 0 bridgehead atoms. The Morgan fingerprint density at radius 1 is 1.17 bits per heavy atom. The molecule has 154 valence electrons.